The van der Waals surface area contributed by atoms with Gasteiger partial charge in [-0.1, -0.05) is 13.8 Å². The van der Waals surface area contributed by atoms with Crippen molar-refractivity contribution < 1.29 is 14.7 Å². The lowest BCUT2D eigenvalue weighted by Gasteiger charge is -2.35. The van der Waals surface area contributed by atoms with Gasteiger partial charge >= 0.3 is 5.97 Å². The summed E-state index contributed by atoms with van der Waals surface area (Å²) in [7, 11) is 0. The fourth-order valence-corrected chi connectivity index (χ4v) is 3.52. The van der Waals surface area contributed by atoms with Crippen LogP contribution >= 0.6 is 0 Å². The van der Waals surface area contributed by atoms with E-state index in [1.807, 2.05) is 4.90 Å². The fraction of sp³-hybridized carbons (Fsp3) is 0.444. The van der Waals surface area contributed by atoms with Crippen molar-refractivity contribution in [1.29, 1.82) is 0 Å². The summed E-state index contributed by atoms with van der Waals surface area (Å²) in [6, 6.07) is 4.17. The van der Waals surface area contributed by atoms with E-state index in [-0.39, 0.29) is 23.6 Å². The van der Waals surface area contributed by atoms with Crippen molar-refractivity contribution in [3.63, 3.8) is 0 Å². The second-order valence-electron chi connectivity index (χ2n) is 6.96. The molecule has 2 atom stereocenters. The molecule has 1 N–H and O–H groups in total. The summed E-state index contributed by atoms with van der Waals surface area (Å²) in [6.07, 6.45) is 2.41. The Morgan fingerprint density at radius 3 is 2.56 bits per heavy atom. The van der Waals surface area contributed by atoms with E-state index in [1.54, 1.807) is 0 Å². The van der Waals surface area contributed by atoms with Crippen molar-refractivity contribution in [2.24, 2.45) is 11.8 Å². The van der Waals surface area contributed by atoms with Crippen LogP contribution in [0.1, 0.15) is 30.6 Å². The molecule has 0 aliphatic carbocycles. The topological polar surface area (TPSA) is 92.5 Å². The molecule has 0 bridgehead atoms. The lowest BCUT2D eigenvalue weighted by atomic mass is 9.92. The predicted octanol–water partition coefficient (Wildman–Crippen LogP) is 1.60. The number of carbonyl (C=O) groups excluding carboxylic acids is 1. The van der Waals surface area contributed by atoms with Crippen LogP contribution in [0.25, 0.3) is 10.9 Å². The zero-order valence-corrected chi connectivity index (χ0v) is 14.3. The number of carboxylic acid groups (broad SMARTS) is 1. The van der Waals surface area contributed by atoms with Gasteiger partial charge in [0.05, 0.1) is 22.8 Å². The molecule has 7 nitrogen and oxygen atoms in total. The smallest absolute Gasteiger partial charge is 0.335 e. The first kappa shape index (κ1) is 17.1. The van der Waals surface area contributed by atoms with Crippen LogP contribution in [-0.4, -0.2) is 44.5 Å². The van der Waals surface area contributed by atoms with Gasteiger partial charge in [0.15, 0.2) is 0 Å². The summed E-state index contributed by atoms with van der Waals surface area (Å²) in [5, 5.41) is 9.32. The maximum atomic E-state index is 12.6. The molecule has 2 heterocycles. The number of nitrogens with zero attached hydrogens (tertiary/aromatic N) is 3. The SMILES string of the molecule is C[C@@H]1C[C@@H](C)CN(C(=O)Cn2cnc3cc(C(=O)O)ccc3c2=O)C1. The number of carbonyl (C=O) groups is 2. The van der Waals surface area contributed by atoms with E-state index in [1.165, 1.54) is 29.1 Å². The number of likely N-dealkylation sites (tertiary alicyclic amines) is 1. The number of aromatic nitrogens is 2. The lowest BCUT2D eigenvalue weighted by Crippen LogP contribution is -2.44. The number of hydrogen-bond donors (Lipinski definition) is 1. The third-order valence-corrected chi connectivity index (χ3v) is 4.60. The van der Waals surface area contributed by atoms with E-state index in [0.717, 1.165) is 6.42 Å². The predicted molar refractivity (Wildman–Crippen MR) is 92.5 cm³/mol. The van der Waals surface area contributed by atoms with Gasteiger partial charge < -0.3 is 10.0 Å². The molecule has 1 fully saturated rings. The Hall–Kier alpha value is -2.70. The summed E-state index contributed by atoms with van der Waals surface area (Å²) in [4.78, 5) is 42.1. The molecule has 0 saturated carbocycles. The molecule has 1 saturated heterocycles. The highest BCUT2D eigenvalue weighted by Gasteiger charge is 2.25. The van der Waals surface area contributed by atoms with Gasteiger partial charge in [0, 0.05) is 13.1 Å². The van der Waals surface area contributed by atoms with Crippen LogP contribution in [0.2, 0.25) is 0 Å². The largest absolute Gasteiger partial charge is 0.478 e. The van der Waals surface area contributed by atoms with E-state index in [9.17, 15) is 14.4 Å². The van der Waals surface area contributed by atoms with Gasteiger partial charge in [0.2, 0.25) is 5.91 Å². The standard InChI is InChI=1S/C18H21N3O4/c1-11-5-12(2)8-20(7-11)16(22)9-21-10-19-15-6-13(18(24)25)3-4-14(15)17(21)23/h3-4,6,10-12H,5,7-9H2,1-2H3,(H,24,25)/t11-,12-/m1/s1. The molecule has 25 heavy (non-hydrogen) atoms. The van der Waals surface area contributed by atoms with Gasteiger partial charge in [-0.25, -0.2) is 9.78 Å². The summed E-state index contributed by atoms with van der Waals surface area (Å²) in [5.41, 5.74) is 0.0479. The van der Waals surface area contributed by atoms with Crippen LogP contribution in [0.15, 0.2) is 29.3 Å². The third-order valence-electron chi connectivity index (χ3n) is 4.60. The van der Waals surface area contributed by atoms with E-state index in [4.69, 9.17) is 5.11 Å². The first-order chi connectivity index (χ1) is 11.8. The Morgan fingerprint density at radius 1 is 1.24 bits per heavy atom. The molecular weight excluding hydrogens is 322 g/mol. The van der Waals surface area contributed by atoms with Crippen molar-refractivity contribution in [2.75, 3.05) is 13.1 Å². The van der Waals surface area contributed by atoms with Crippen LogP contribution in [-0.2, 0) is 11.3 Å². The van der Waals surface area contributed by atoms with Gasteiger partial charge in [0.1, 0.15) is 6.54 Å². The normalized spacial score (nSPS) is 20.6. The number of aromatic carboxylic acids is 1. The monoisotopic (exact) mass is 343 g/mol. The average molecular weight is 343 g/mol. The zero-order valence-electron chi connectivity index (χ0n) is 14.3. The van der Waals surface area contributed by atoms with Gasteiger partial charge in [-0.2, -0.15) is 0 Å². The Labute approximate surface area is 144 Å². The molecule has 3 rings (SSSR count). The van der Waals surface area contributed by atoms with Crippen molar-refractivity contribution in [3.05, 3.63) is 40.4 Å². The van der Waals surface area contributed by atoms with Crippen LogP contribution in [0.5, 0.6) is 0 Å². The fourth-order valence-electron chi connectivity index (χ4n) is 3.52. The first-order valence-electron chi connectivity index (χ1n) is 8.35. The number of rotatable bonds is 3. The Kier molecular flexibility index (Phi) is 4.57. The summed E-state index contributed by atoms with van der Waals surface area (Å²) in [5.74, 6) is -0.262. The third kappa shape index (κ3) is 3.55. The number of benzene rings is 1. The van der Waals surface area contributed by atoms with Gasteiger partial charge in [-0.05, 0) is 36.5 Å². The molecule has 0 unspecified atom stereocenters. The molecule has 1 amide bonds. The number of amides is 1. The molecule has 1 aliphatic rings. The zero-order chi connectivity index (χ0) is 18.1. The number of hydrogen-bond acceptors (Lipinski definition) is 4. The maximum absolute atomic E-state index is 12.6. The van der Waals surface area contributed by atoms with Gasteiger partial charge in [0.25, 0.3) is 5.56 Å². The Morgan fingerprint density at radius 2 is 1.92 bits per heavy atom. The van der Waals surface area contributed by atoms with Crippen molar-refractivity contribution in [2.45, 2.75) is 26.8 Å². The highest BCUT2D eigenvalue weighted by molar-refractivity contribution is 5.92. The molecule has 7 heteroatoms. The summed E-state index contributed by atoms with van der Waals surface area (Å²) >= 11 is 0. The molecule has 1 aromatic heterocycles. The van der Waals surface area contributed by atoms with E-state index in [2.05, 4.69) is 18.8 Å². The number of fused-ring (bicyclic) bond motifs is 1. The van der Waals surface area contributed by atoms with Crippen LogP contribution < -0.4 is 5.56 Å². The number of carboxylic acids is 1. The molecule has 1 aromatic carbocycles. The maximum Gasteiger partial charge on any atom is 0.335 e. The average Bonchev–Trinajstić information content (AvgIpc) is 2.56. The highest BCUT2D eigenvalue weighted by Crippen LogP contribution is 2.21. The van der Waals surface area contributed by atoms with E-state index >= 15 is 0 Å². The van der Waals surface area contributed by atoms with Crippen molar-refractivity contribution >= 4 is 22.8 Å². The van der Waals surface area contributed by atoms with E-state index < -0.39 is 5.97 Å². The second kappa shape index (κ2) is 6.66. The van der Waals surface area contributed by atoms with Crippen LogP contribution in [0.4, 0.5) is 0 Å². The van der Waals surface area contributed by atoms with Crippen molar-refractivity contribution in [1.82, 2.24) is 14.5 Å². The summed E-state index contributed by atoms with van der Waals surface area (Å²) in [6.45, 7) is 5.61. The minimum absolute atomic E-state index is 0.0537. The second-order valence-corrected chi connectivity index (χ2v) is 6.96. The Balaban J connectivity index is 1.85. The molecule has 0 spiro atoms. The summed E-state index contributed by atoms with van der Waals surface area (Å²) < 4.78 is 1.29. The molecular formula is C18H21N3O4. The highest BCUT2D eigenvalue weighted by atomic mass is 16.4. The van der Waals surface area contributed by atoms with Crippen molar-refractivity contribution in [3.8, 4) is 0 Å². The molecule has 132 valence electrons. The molecule has 2 aromatic rings. The van der Waals surface area contributed by atoms with Gasteiger partial charge in [-0.3, -0.25) is 14.2 Å². The van der Waals surface area contributed by atoms with Gasteiger partial charge in [-0.15, -0.1) is 0 Å². The lowest BCUT2D eigenvalue weighted by molar-refractivity contribution is -0.134. The van der Waals surface area contributed by atoms with Crippen LogP contribution in [0, 0.1) is 11.8 Å². The minimum atomic E-state index is -1.07. The first-order valence-corrected chi connectivity index (χ1v) is 8.35. The number of piperidine rings is 1. The van der Waals surface area contributed by atoms with E-state index in [0.29, 0.717) is 35.8 Å². The Bertz CT molecular complexity index is 880. The quantitative estimate of drug-likeness (QED) is 0.914. The molecule has 1 aliphatic heterocycles. The molecule has 0 radical (unpaired) electrons. The minimum Gasteiger partial charge on any atom is -0.478 e. The van der Waals surface area contributed by atoms with Crippen LogP contribution in [0.3, 0.4) is 0 Å².